The van der Waals surface area contributed by atoms with Crippen molar-refractivity contribution in [3.63, 3.8) is 0 Å². The zero-order valence-electron chi connectivity index (χ0n) is 10.8. The van der Waals surface area contributed by atoms with Gasteiger partial charge in [-0.05, 0) is 31.0 Å². The van der Waals surface area contributed by atoms with E-state index >= 15 is 0 Å². The van der Waals surface area contributed by atoms with Gasteiger partial charge in [-0.25, -0.2) is 0 Å². The van der Waals surface area contributed by atoms with E-state index in [4.69, 9.17) is 23.1 Å². The van der Waals surface area contributed by atoms with Gasteiger partial charge in [0.1, 0.15) is 0 Å². The third-order valence-electron chi connectivity index (χ3n) is 3.41. The maximum Gasteiger partial charge on any atom is 0.250 e. The van der Waals surface area contributed by atoms with Crippen LogP contribution in [0, 0.1) is 5.92 Å². The van der Waals surface area contributed by atoms with Gasteiger partial charge in [0.05, 0.1) is 16.5 Å². The Morgan fingerprint density at radius 2 is 2.00 bits per heavy atom. The van der Waals surface area contributed by atoms with Gasteiger partial charge in [-0.2, -0.15) is 0 Å². The van der Waals surface area contributed by atoms with Crippen LogP contribution in [-0.4, -0.2) is 17.9 Å². The summed E-state index contributed by atoms with van der Waals surface area (Å²) in [5.41, 5.74) is 11.8. The van der Waals surface area contributed by atoms with Crippen molar-refractivity contribution in [1.29, 1.82) is 0 Å². The number of anilines is 1. The van der Waals surface area contributed by atoms with Gasteiger partial charge in [-0.15, -0.1) is 12.4 Å². The van der Waals surface area contributed by atoms with Crippen molar-refractivity contribution in [3.8, 4) is 0 Å². The lowest BCUT2D eigenvalue weighted by atomic mass is 10.0. The summed E-state index contributed by atoms with van der Waals surface area (Å²) in [6.45, 7) is 0. The molecule has 2 rings (SSSR count). The highest BCUT2D eigenvalue weighted by Gasteiger charge is 2.30. The molecular weight excluding hydrogens is 301 g/mol. The van der Waals surface area contributed by atoms with E-state index in [0.717, 1.165) is 19.3 Å². The molecule has 0 bridgehead atoms. The van der Waals surface area contributed by atoms with Crippen molar-refractivity contribution in [1.82, 2.24) is 0 Å². The largest absolute Gasteiger partial charge is 0.366 e. The van der Waals surface area contributed by atoms with Crippen molar-refractivity contribution in [2.75, 3.05) is 5.32 Å². The molecule has 7 heteroatoms. The number of rotatable bonds is 3. The molecule has 0 heterocycles. The second-order valence-electron chi connectivity index (χ2n) is 4.75. The van der Waals surface area contributed by atoms with Gasteiger partial charge in [-0.3, -0.25) is 9.59 Å². The van der Waals surface area contributed by atoms with E-state index in [-0.39, 0.29) is 40.9 Å². The van der Waals surface area contributed by atoms with Gasteiger partial charge in [0.25, 0.3) is 0 Å². The second kappa shape index (κ2) is 6.92. The summed E-state index contributed by atoms with van der Waals surface area (Å²) < 4.78 is 0. The number of nitrogens with two attached hydrogens (primary N) is 2. The van der Waals surface area contributed by atoms with E-state index in [0.29, 0.717) is 5.69 Å². The summed E-state index contributed by atoms with van der Waals surface area (Å²) >= 11 is 5.92. The van der Waals surface area contributed by atoms with Gasteiger partial charge in [0.15, 0.2) is 0 Å². The van der Waals surface area contributed by atoms with Gasteiger partial charge in [0, 0.05) is 11.7 Å². The molecule has 0 saturated heterocycles. The molecule has 1 fully saturated rings. The molecule has 2 atom stereocenters. The molecule has 110 valence electrons. The lowest BCUT2D eigenvalue weighted by Crippen LogP contribution is -2.34. The van der Waals surface area contributed by atoms with Gasteiger partial charge in [0.2, 0.25) is 11.8 Å². The standard InChI is InChI=1S/C13H16ClN3O2.ClH/c14-10-6-7(4-5-8(10)12(16)18)17-13(19)9-2-1-3-11(9)15;/h4-6,9,11H,1-3,15H2,(H2,16,18)(H,17,19);1H. The first kappa shape index (κ1) is 16.8. The summed E-state index contributed by atoms with van der Waals surface area (Å²) in [6.07, 6.45) is 2.65. The average molecular weight is 318 g/mol. The number of carbonyl (C=O) groups is 2. The molecule has 20 heavy (non-hydrogen) atoms. The van der Waals surface area contributed by atoms with E-state index in [1.54, 1.807) is 6.07 Å². The first-order valence-electron chi connectivity index (χ1n) is 6.15. The second-order valence-corrected chi connectivity index (χ2v) is 5.16. The van der Waals surface area contributed by atoms with E-state index < -0.39 is 5.91 Å². The number of primary amides is 1. The summed E-state index contributed by atoms with van der Waals surface area (Å²) in [5, 5.41) is 2.99. The number of halogens is 2. The van der Waals surface area contributed by atoms with Crippen LogP contribution in [0.5, 0.6) is 0 Å². The monoisotopic (exact) mass is 317 g/mol. The van der Waals surface area contributed by atoms with Crippen LogP contribution in [0.2, 0.25) is 5.02 Å². The molecule has 0 aliphatic heterocycles. The summed E-state index contributed by atoms with van der Waals surface area (Å²) in [6, 6.07) is 4.53. The van der Waals surface area contributed by atoms with Crippen LogP contribution >= 0.6 is 24.0 Å². The van der Waals surface area contributed by atoms with Crippen molar-refractivity contribution in [2.24, 2.45) is 17.4 Å². The van der Waals surface area contributed by atoms with Crippen LogP contribution in [0.3, 0.4) is 0 Å². The van der Waals surface area contributed by atoms with E-state index in [1.165, 1.54) is 12.1 Å². The summed E-state index contributed by atoms with van der Waals surface area (Å²) in [7, 11) is 0. The van der Waals surface area contributed by atoms with Crippen molar-refractivity contribution in [3.05, 3.63) is 28.8 Å². The first-order chi connectivity index (χ1) is 8.99. The number of benzene rings is 1. The molecule has 5 nitrogen and oxygen atoms in total. The lowest BCUT2D eigenvalue weighted by molar-refractivity contribution is -0.120. The molecule has 5 N–H and O–H groups in total. The SMILES string of the molecule is Cl.NC(=O)c1ccc(NC(=O)C2CCCC2N)cc1Cl. The smallest absolute Gasteiger partial charge is 0.250 e. The molecule has 0 radical (unpaired) electrons. The summed E-state index contributed by atoms with van der Waals surface area (Å²) in [4.78, 5) is 23.1. The van der Waals surface area contributed by atoms with Crippen LogP contribution in [-0.2, 0) is 4.79 Å². The van der Waals surface area contributed by atoms with Gasteiger partial charge >= 0.3 is 0 Å². The maximum atomic E-state index is 12.0. The Morgan fingerprint density at radius 1 is 1.30 bits per heavy atom. The number of carbonyl (C=O) groups excluding carboxylic acids is 2. The van der Waals surface area contributed by atoms with E-state index in [9.17, 15) is 9.59 Å². The zero-order chi connectivity index (χ0) is 14.0. The Hall–Kier alpha value is -1.30. The van der Waals surface area contributed by atoms with Crippen LogP contribution in [0.25, 0.3) is 0 Å². The number of amides is 2. The molecule has 1 aromatic carbocycles. The molecule has 1 aromatic rings. The van der Waals surface area contributed by atoms with Crippen LogP contribution in [0.4, 0.5) is 5.69 Å². The number of hydrogen-bond donors (Lipinski definition) is 3. The fraction of sp³-hybridized carbons (Fsp3) is 0.385. The minimum absolute atomic E-state index is 0. The highest BCUT2D eigenvalue weighted by atomic mass is 35.5. The average Bonchev–Trinajstić information content (AvgIpc) is 2.75. The Labute approximate surface area is 128 Å². The van der Waals surface area contributed by atoms with Crippen molar-refractivity contribution < 1.29 is 9.59 Å². The Kier molecular flexibility index (Phi) is 5.80. The van der Waals surface area contributed by atoms with Gasteiger partial charge in [-0.1, -0.05) is 18.0 Å². The van der Waals surface area contributed by atoms with Crippen LogP contribution < -0.4 is 16.8 Å². The predicted octanol–water partition coefficient (Wildman–Crippen LogP) is 1.93. The molecule has 0 aromatic heterocycles. The quantitative estimate of drug-likeness (QED) is 0.794. The lowest BCUT2D eigenvalue weighted by Gasteiger charge is -2.15. The first-order valence-corrected chi connectivity index (χ1v) is 6.52. The molecule has 1 saturated carbocycles. The highest BCUT2D eigenvalue weighted by molar-refractivity contribution is 6.34. The minimum atomic E-state index is -0.597. The Bertz CT molecular complexity index is 522. The fourth-order valence-corrected chi connectivity index (χ4v) is 2.62. The molecule has 1 aliphatic rings. The maximum absolute atomic E-state index is 12.0. The van der Waals surface area contributed by atoms with Crippen LogP contribution in [0.1, 0.15) is 29.6 Å². The third-order valence-corrected chi connectivity index (χ3v) is 3.72. The number of hydrogen-bond acceptors (Lipinski definition) is 3. The normalized spacial score (nSPS) is 21.1. The molecular formula is C13H17Cl2N3O2. The Balaban J connectivity index is 0.00000200. The summed E-state index contributed by atoms with van der Waals surface area (Å²) in [5.74, 6) is -0.858. The zero-order valence-corrected chi connectivity index (χ0v) is 12.3. The molecule has 1 aliphatic carbocycles. The van der Waals surface area contributed by atoms with Gasteiger partial charge < -0.3 is 16.8 Å². The fourth-order valence-electron chi connectivity index (χ4n) is 2.34. The predicted molar refractivity (Wildman–Crippen MR) is 81.2 cm³/mol. The minimum Gasteiger partial charge on any atom is -0.366 e. The van der Waals surface area contributed by atoms with E-state index in [2.05, 4.69) is 5.32 Å². The highest BCUT2D eigenvalue weighted by Crippen LogP contribution is 2.26. The molecule has 0 spiro atoms. The Morgan fingerprint density at radius 3 is 2.50 bits per heavy atom. The molecule has 2 unspecified atom stereocenters. The van der Waals surface area contributed by atoms with Crippen molar-refractivity contribution >= 4 is 41.5 Å². The van der Waals surface area contributed by atoms with Crippen LogP contribution in [0.15, 0.2) is 18.2 Å². The number of nitrogens with one attached hydrogen (secondary N) is 1. The topological polar surface area (TPSA) is 98.2 Å². The van der Waals surface area contributed by atoms with E-state index in [1.807, 2.05) is 0 Å². The van der Waals surface area contributed by atoms with Crippen molar-refractivity contribution in [2.45, 2.75) is 25.3 Å². The molecule has 2 amide bonds. The third kappa shape index (κ3) is 3.62.